The van der Waals surface area contributed by atoms with E-state index in [1.165, 1.54) is 18.2 Å². The Labute approximate surface area is 128 Å². The summed E-state index contributed by atoms with van der Waals surface area (Å²) >= 11 is 0. The van der Waals surface area contributed by atoms with E-state index in [4.69, 9.17) is 10.5 Å². The molecule has 0 amide bonds. The molecule has 0 aliphatic carbocycles. The monoisotopic (exact) mass is 290 g/mol. The number of rotatable bonds is 3. The van der Waals surface area contributed by atoms with Crippen molar-refractivity contribution in [1.29, 1.82) is 10.5 Å². The number of aromatic nitrogens is 1. The van der Waals surface area contributed by atoms with Crippen LogP contribution in [0.25, 0.3) is 11.8 Å². The lowest BCUT2D eigenvalue weighted by Crippen LogP contribution is -2.22. The molecule has 0 bridgehead atoms. The molecular weight excluding hydrogens is 278 g/mol. The number of hydrogen-bond donors (Lipinski definition) is 0. The minimum absolute atomic E-state index is 0.0173. The van der Waals surface area contributed by atoms with E-state index in [0.717, 1.165) is 17.0 Å². The maximum Gasteiger partial charge on any atom is 0.130 e. The van der Waals surface area contributed by atoms with Crippen molar-refractivity contribution >= 4 is 12.0 Å². The Morgan fingerprint density at radius 2 is 1.91 bits per heavy atom. The Kier molecular flexibility index (Phi) is 4.11. The van der Waals surface area contributed by atoms with E-state index in [0.29, 0.717) is 5.69 Å². The molecule has 0 aliphatic rings. The molecule has 2 aromatic rings. The van der Waals surface area contributed by atoms with Crippen LogP contribution in [0.3, 0.4) is 0 Å². The number of nitrogens with zero attached hydrogens (tertiary/aromatic N) is 3. The zero-order chi connectivity index (χ0) is 16.3. The number of carbonyl (C=O) groups excluding carboxylic acids is 1. The van der Waals surface area contributed by atoms with Crippen molar-refractivity contribution in [3.8, 4) is 17.8 Å². The molecule has 0 unspecified atom stereocenters. The Morgan fingerprint density at radius 3 is 2.50 bits per heavy atom. The molecule has 0 fully saturated rings. The summed E-state index contributed by atoms with van der Waals surface area (Å²) in [5.41, 5.74) is 3.23. The predicted molar refractivity (Wildman–Crippen MR) is 78.8 cm³/mol. The van der Waals surface area contributed by atoms with Crippen LogP contribution in [0, 0.1) is 36.5 Å². The van der Waals surface area contributed by atoms with E-state index in [9.17, 15) is 9.90 Å². The number of hydrogen-bond acceptors (Lipinski definition) is 4. The number of carboxylic acids is 1. The molecule has 0 saturated heterocycles. The van der Waals surface area contributed by atoms with Gasteiger partial charge in [0.2, 0.25) is 0 Å². The Balaban J connectivity index is 2.60. The maximum absolute atomic E-state index is 11.0. The third kappa shape index (κ3) is 2.74. The van der Waals surface area contributed by atoms with Gasteiger partial charge in [0.05, 0.1) is 5.97 Å². The highest BCUT2D eigenvalue weighted by molar-refractivity contribution is 5.86. The van der Waals surface area contributed by atoms with E-state index in [-0.39, 0.29) is 11.1 Å². The third-order valence-electron chi connectivity index (χ3n) is 3.35. The Hall–Kier alpha value is -3.31. The lowest BCUT2D eigenvalue weighted by molar-refractivity contribution is -0.255. The molecule has 2 rings (SSSR count). The number of carbonyl (C=O) groups is 1. The molecule has 0 N–H and O–H groups in total. The maximum atomic E-state index is 11.0. The number of allylic oxidation sites excluding steroid dienone is 1. The van der Waals surface area contributed by atoms with E-state index in [1.807, 2.05) is 36.6 Å². The van der Waals surface area contributed by atoms with Gasteiger partial charge in [-0.3, -0.25) is 0 Å². The summed E-state index contributed by atoms with van der Waals surface area (Å²) < 4.78 is 1.87. The summed E-state index contributed by atoms with van der Waals surface area (Å²) in [7, 11) is 0. The van der Waals surface area contributed by atoms with Crippen molar-refractivity contribution < 1.29 is 9.90 Å². The first-order chi connectivity index (χ1) is 10.5. The van der Waals surface area contributed by atoms with Crippen molar-refractivity contribution in [2.75, 3.05) is 0 Å². The van der Waals surface area contributed by atoms with Gasteiger partial charge in [-0.15, -0.1) is 0 Å². The van der Waals surface area contributed by atoms with Gasteiger partial charge in [-0.1, -0.05) is 12.1 Å². The van der Waals surface area contributed by atoms with Gasteiger partial charge < -0.3 is 14.5 Å². The molecule has 5 heteroatoms. The summed E-state index contributed by atoms with van der Waals surface area (Å²) in [6, 6.07) is 11.9. The normalized spacial score (nSPS) is 9.64. The fourth-order valence-electron chi connectivity index (χ4n) is 2.35. The van der Waals surface area contributed by atoms with Gasteiger partial charge in [0.1, 0.15) is 17.7 Å². The molecule has 0 atom stereocenters. The third-order valence-corrected chi connectivity index (χ3v) is 3.35. The van der Waals surface area contributed by atoms with Crippen LogP contribution in [-0.4, -0.2) is 10.5 Å². The van der Waals surface area contributed by atoms with Crippen LogP contribution in [0.4, 0.5) is 0 Å². The van der Waals surface area contributed by atoms with Crippen LogP contribution in [-0.2, 0) is 0 Å². The molecular formula is C17H12N3O2-. The SMILES string of the molecule is Cc1cc(C=C(C#N)C#N)c(C)n1-c1cccc(C(=O)[O-])c1. The van der Waals surface area contributed by atoms with Crippen molar-refractivity contribution in [3.63, 3.8) is 0 Å². The molecule has 0 radical (unpaired) electrons. The van der Waals surface area contributed by atoms with E-state index >= 15 is 0 Å². The van der Waals surface area contributed by atoms with Gasteiger partial charge in [-0.25, -0.2) is 0 Å². The van der Waals surface area contributed by atoms with Crippen LogP contribution in [0.5, 0.6) is 0 Å². The molecule has 1 aromatic heterocycles. The summed E-state index contributed by atoms with van der Waals surface area (Å²) in [5.74, 6) is -1.24. The molecule has 1 aromatic carbocycles. The van der Waals surface area contributed by atoms with Gasteiger partial charge in [0.25, 0.3) is 0 Å². The van der Waals surface area contributed by atoms with Crippen molar-refractivity contribution in [3.05, 3.63) is 58.4 Å². The summed E-state index contributed by atoms with van der Waals surface area (Å²) in [6.45, 7) is 3.71. The first-order valence-electron chi connectivity index (χ1n) is 6.50. The molecule has 0 spiro atoms. The standard InChI is InChI=1S/C17H13N3O2/c1-11-6-15(7-13(9-18)10-19)12(2)20(11)16-5-3-4-14(8-16)17(21)22/h3-8H,1-2H3,(H,21,22)/p-1. The average molecular weight is 290 g/mol. The van der Waals surface area contributed by atoms with Crippen LogP contribution in [0.15, 0.2) is 35.9 Å². The fourth-order valence-corrected chi connectivity index (χ4v) is 2.35. The van der Waals surface area contributed by atoms with Crippen LogP contribution in [0.2, 0.25) is 0 Å². The number of carboxylic acid groups (broad SMARTS) is 1. The highest BCUT2D eigenvalue weighted by Crippen LogP contribution is 2.23. The quantitative estimate of drug-likeness (QED) is 0.807. The Bertz CT molecular complexity index is 845. The lowest BCUT2D eigenvalue weighted by Gasteiger charge is -2.11. The largest absolute Gasteiger partial charge is 0.545 e. The highest BCUT2D eigenvalue weighted by Gasteiger charge is 2.10. The minimum Gasteiger partial charge on any atom is -0.545 e. The molecule has 5 nitrogen and oxygen atoms in total. The summed E-state index contributed by atoms with van der Waals surface area (Å²) in [4.78, 5) is 11.0. The smallest absolute Gasteiger partial charge is 0.130 e. The second-order valence-electron chi connectivity index (χ2n) is 4.78. The number of benzene rings is 1. The number of aryl methyl sites for hydroxylation is 1. The molecule has 0 aliphatic heterocycles. The van der Waals surface area contributed by atoms with E-state index in [1.54, 1.807) is 12.1 Å². The van der Waals surface area contributed by atoms with Gasteiger partial charge >= 0.3 is 0 Å². The highest BCUT2D eigenvalue weighted by atomic mass is 16.4. The predicted octanol–water partition coefficient (Wildman–Crippen LogP) is 1.89. The summed E-state index contributed by atoms with van der Waals surface area (Å²) in [6.07, 6.45) is 1.52. The molecule has 1 heterocycles. The van der Waals surface area contributed by atoms with Gasteiger partial charge in [-0.2, -0.15) is 10.5 Å². The molecule has 0 saturated carbocycles. The van der Waals surface area contributed by atoms with Gasteiger partial charge in [-0.05, 0) is 49.2 Å². The average Bonchev–Trinajstić information content (AvgIpc) is 2.79. The summed E-state index contributed by atoms with van der Waals surface area (Å²) in [5, 5.41) is 28.7. The zero-order valence-electron chi connectivity index (χ0n) is 12.1. The Morgan fingerprint density at radius 1 is 1.23 bits per heavy atom. The lowest BCUT2D eigenvalue weighted by atomic mass is 10.1. The zero-order valence-corrected chi connectivity index (χ0v) is 12.1. The first-order valence-corrected chi connectivity index (χ1v) is 6.50. The fraction of sp³-hybridized carbons (Fsp3) is 0.118. The first kappa shape index (κ1) is 15.1. The van der Waals surface area contributed by atoms with Crippen molar-refractivity contribution in [1.82, 2.24) is 4.57 Å². The van der Waals surface area contributed by atoms with Crippen LogP contribution in [0.1, 0.15) is 27.3 Å². The van der Waals surface area contributed by atoms with E-state index < -0.39 is 5.97 Å². The van der Waals surface area contributed by atoms with Crippen LogP contribution >= 0.6 is 0 Å². The molecule has 22 heavy (non-hydrogen) atoms. The second kappa shape index (κ2) is 5.99. The molecule has 108 valence electrons. The van der Waals surface area contributed by atoms with Gasteiger partial charge in [0.15, 0.2) is 0 Å². The second-order valence-corrected chi connectivity index (χ2v) is 4.78. The number of aromatic carboxylic acids is 1. The number of nitriles is 2. The van der Waals surface area contributed by atoms with Crippen molar-refractivity contribution in [2.45, 2.75) is 13.8 Å². The topological polar surface area (TPSA) is 92.6 Å². The van der Waals surface area contributed by atoms with Crippen molar-refractivity contribution in [2.24, 2.45) is 0 Å². The van der Waals surface area contributed by atoms with Gasteiger partial charge in [0, 0.05) is 17.1 Å². The van der Waals surface area contributed by atoms with Crippen LogP contribution < -0.4 is 5.11 Å². The minimum atomic E-state index is -1.24. The van der Waals surface area contributed by atoms with E-state index in [2.05, 4.69) is 0 Å².